The van der Waals surface area contributed by atoms with E-state index < -0.39 is 26.2 Å². The van der Waals surface area contributed by atoms with Gasteiger partial charge in [0.2, 0.25) is 0 Å². The van der Waals surface area contributed by atoms with E-state index in [0.717, 1.165) is 0 Å². The molecule has 7 nitrogen and oxygen atoms in total. The summed E-state index contributed by atoms with van der Waals surface area (Å²) in [5.41, 5.74) is 0. The van der Waals surface area contributed by atoms with Gasteiger partial charge in [0, 0.05) is 6.42 Å². The summed E-state index contributed by atoms with van der Waals surface area (Å²) in [6.07, 6.45) is 0.897. The van der Waals surface area contributed by atoms with E-state index in [1.807, 2.05) is 0 Å². The van der Waals surface area contributed by atoms with Crippen LogP contribution in [0.25, 0.3) is 0 Å². The Kier molecular flexibility index (Phi) is 10.1. The predicted molar refractivity (Wildman–Crippen MR) is 67.2 cm³/mol. The lowest BCUT2D eigenvalue weighted by Gasteiger charge is -2.03. The second-order valence-corrected chi connectivity index (χ2v) is 6.93. The van der Waals surface area contributed by atoms with Gasteiger partial charge in [-0.25, -0.2) is 0 Å². The molecule has 0 aliphatic carbocycles. The summed E-state index contributed by atoms with van der Waals surface area (Å²) in [7, 11) is -7.80. The minimum atomic E-state index is -3.90. The molecule has 0 saturated carbocycles. The molecule has 9 heteroatoms. The number of hydrogen-bond donors (Lipinski definition) is 1. The number of carbonyl (C=O) groups is 1. The number of rotatable bonds is 7. The molecule has 0 aromatic carbocycles. The molecule has 0 bridgehead atoms. The van der Waals surface area contributed by atoms with Gasteiger partial charge in [0.05, 0.1) is 11.5 Å². The quantitative estimate of drug-likeness (QED) is 0.745. The van der Waals surface area contributed by atoms with Crippen molar-refractivity contribution in [3.63, 3.8) is 0 Å². The summed E-state index contributed by atoms with van der Waals surface area (Å²) in [6.45, 7) is 4.86. The van der Waals surface area contributed by atoms with Gasteiger partial charge >= 0.3 is 5.97 Å². The lowest BCUT2D eigenvalue weighted by molar-refractivity contribution is -0.136. The summed E-state index contributed by atoms with van der Waals surface area (Å²) < 4.78 is 47.7. The predicted octanol–water partition coefficient (Wildman–Crippen LogP) is 0.964. The molecule has 1 N–H and O–H groups in total. The molecule has 0 aliphatic rings. The summed E-state index contributed by atoms with van der Waals surface area (Å²) in [6, 6.07) is 0. The minimum Gasteiger partial charge on any atom is -0.481 e. The molecule has 0 amide bonds. The number of carboxylic acids is 1. The first-order valence-corrected chi connectivity index (χ1v) is 8.63. The minimum absolute atomic E-state index is 0.222. The van der Waals surface area contributed by atoms with Crippen molar-refractivity contribution in [3.8, 4) is 0 Å². The average molecular weight is 304 g/mol. The van der Waals surface area contributed by atoms with Gasteiger partial charge in [-0.15, -0.1) is 3.63 Å². The molecular formula is C9H20O7S2. The first-order chi connectivity index (χ1) is 8.10. The van der Waals surface area contributed by atoms with E-state index in [1.165, 1.54) is 0 Å². The Morgan fingerprint density at radius 3 is 1.39 bits per heavy atom. The Hall–Kier alpha value is -0.670. The van der Waals surface area contributed by atoms with Gasteiger partial charge in [-0.3, -0.25) is 4.79 Å². The summed E-state index contributed by atoms with van der Waals surface area (Å²) in [5, 5.41) is 7.72. The maximum atomic E-state index is 10.9. The Balaban J connectivity index is 0. The molecule has 0 rings (SSSR count). The normalized spacial score (nSPS) is 11.5. The molecule has 0 spiro atoms. The maximum Gasteiger partial charge on any atom is 0.303 e. The van der Waals surface area contributed by atoms with Crippen LogP contribution in [0.1, 0.15) is 40.0 Å². The highest BCUT2D eigenvalue weighted by Gasteiger charge is 2.20. The van der Waals surface area contributed by atoms with Gasteiger partial charge in [-0.05, 0) is 12.8 Å². The molecule has 110 valence electrons. The van der Waals surface area contributed by atoms with E-state index in [1.54, 1.807) is 20.8 Å². The maximum absolute atomic E-state index is 10.9. The van der Waals surface area contributed by atoms with Crippen LogP contribution < -0.4 is 0 Å². The standard InChI is InChI=1S/C6H14O5S2.C3H6O2/c1-3-5-12(7,8)11-13(9,10)6-4-2;1-2-3(4)5/h3-6H2,1-2H3;2H2,1H3,(H,4,5). The highest BCUT2D eigenvalue weighted by atomic mass is 32.3. The Morgan fingerprint density at radius 2 is 1.22 bits per heavy atom. The third-order valence-electron chi connectivity index (χ3n) is 1.42. The van der Waals surface area contributed by atoms with Crippen molar-refractivity contribution in [1.82, 2.24) is 0 Å². The molecule has 18 heavy (non-hydrogen) atoms. The fraction of sp³-hybridized carbons (Fsp3) is 0.889. The van der Waals surface area contributed by atoms with Crippen molar-refractivity contribution in [2.24, 2.45) is 0 Å². The zero-order chi connectivity index (χ0) is 14.8. The van der Waals surface area contributed by atoms with Crippen molar-refractivity contribution in [2.45, 2.75) is 40.0 Å². The largest absolute Gasteiger partial charge is 0.481 e. The van der Waals surface area contributed by atoms with Gasteiger partial charge in [0.1, 0.15) is 0 Å². The molecule has 0 heterocycles. The lowest BCUT2D eigenvalue weighted by Crippen LogP contribution is -2.18. The van der Waals surface area contributed by atoms with Crippen LogP contribution in [0, 0.1) is 0 Å². The van der Waals surface area contributed by atoms with Crippen LogP contribution in [-0.2, 0) is 28.7 Å². The third-order valence-corrected chi connectivity index (χ3v) is 4.89. The summed E-state index contributed by atoms with van der Waals surface area (Å²) >= 11 is 0. The van der Waals surface area contributed by atoms with Gasteiger partial charge in [-0.2, -0.15) is 16.8 Å². The van der Waals surface area contributed by atoms with Crippen molar-refractivity contribution >= 4 is 26.2 Å². The molecule has 0 aromatic rings. The second-order valence-electron chi connectivity index (χ2n) is 3.34. The molecule has 0 fully saturated rings. The molecule has 0 unspecified atom stereocenters. The van der Waals surface area contributed by atoms with Crippen molar-refractivity contribution in [1.29, 1.82) is 0 Å². The van der Waals surface area contributed by atoms with Crippen LogP contribution in [0.15, 0.2) is 0 Å². The SMILES string of the molecule is CCC(=O)O.CCCS(=O)(=O)OS(=O)(=O)CCC. The first-order valence-electron chi connectivity index (χ1n) is 5.48. The summed E-state index contributed by atoms with van der Waals surface area (Å²) in [5.74, 6) is -1.28. The molecule has 0 saturated heterocycles. The number of hydrogen-bond acceptors (Lipinski definition) is 6. The molecule has 0 aliphatic heterocycles. The van der Waals surface area contributed by atoms with Crippen LogP contribution in [0.3, 0.4) is 0 Å². The lowest BCUT2D eigenvalue weighted by atomic mass is 10.5. The van der Waals surface area contributed by atoms with E-state index in [0.29, 0.717) is 12.8 Å². The first kappa shape index (κ1) is 19.7. The van der Waals surface area contributed by atoms with Crippen molar-refractivity contribution < 1.29 is 30.4 Å². The summed E-state index contributed by atoms with van der Waals surface area (Å²) in [4.78, 5) is 9.37. The van der Waals surface area contributed by atoms with Crippen LogP contribution in [-0.4, -0.2) is 39.4 Å². The van der Waals surface area contributed by atoms with Crippen LogP contribution >= 0.6 is 0 Å². The third kappa shape index (κ3) is 13.4. The smallest absolute Gasteiger partial charge is 0.303 e. The van der Waals surface area contributed by atoms with Gasteiger partial charge in [0.25, 0.3) is 20.2 Å². The molecule has 0 radical (unpaired) electrons. The molecular weight excluding hydrogens is 284 g/mol. The van der Waals surface area contributed by atoms with Gasteiger partial charge in [-0.1, -0.05) is 20.8 Å². The highest BCUT2D eigenvalue weighted by molar-refractivity contribution is 7.99. The highest BCUT2D eigenvalue weighted by Crippen LogP contribution is 2.04. The Morgan fingerprint density at radius 1 is 0.944 bits per heavy atom. The number of carboxylic acid groups (broad SMARTS) is 1. The van der Waals surface area contributed by atoms with E-state index in [4.69, 9.17) is 5.11 Å². The second kappa shape index (κ2) is 9.29. The van der Waals surface area contributed by atoms with E-state index in [2.05, 4.69) is 3.63 Å². The Labute approximate surface area is 108 Å². The molecule has 0 aromatic heterocycles. The fourth-order valence-corrected chi connectivity index (χ4v) is 3.53. The van der Waals surface area contributed by atoms with Gasteiger partial charge in [0.15, 0.2) is 0 Å². The van der Waals surface area contributed by atoms with Crippen molar-refractivity contribution in [2.75, 3.05) is 11.5 Å². The average Bonchev–Trinajstić information content (AvgIpc) is 2.16. The zero-order valence-corrected chi connectivity index (χ0v) is 12.4. The van der Waals surface area contributed by atoms with Crippen molar-refractivity contribution in [3.05, 3.63) is 0 Å². The Bertz CT molecular complexity index is 388. The van der Waals surface area contributed by atoms with Gasteiger partial charge < -0.3 is 5.11 Å². The van der Waals surface area contributed by atoms with Crippen LogP contribution in [0.2, 0.25) is 0 Å². The van der Waals surface area contributed by atoms with E-state index in [-0.39, 0.29) is 17.9 Å². The fourth-order valence-electron chi connectivity index (χ4n) is 0.726. The van der Waals surface area contributed by atoms with E-state index in [9.17, 15) is 21.6 Å². The van der Waals surface area contributed by atoms with E-state index >= 15 is 0 Å². The van der Waals surface area contributed by atoms with Crippen LogP contribution in [0.4, 0.5) is 0 Å². The molecule has 0 atom stereocenters. The zero-order valence-electron chi connectivity index (χ0n) is 10.7. The number of aliphatic carboxylic acids is 1. The van der Waals surface area contributed by atoms with Crippen LogP contribution in [0.5, 0.6) is 0 Å². The monoisotopic (exact) mass is 304 g/mol. The topological polar surface area (TPSA) is 115 Å².